The molecule has 40 heavy (non-hydrogen) atoms. The Morgan fingerprint density at radius 2 is 1.80 bits per heavy atom. The first kappa shape index (κ1) is 29.3. The Balaban J connectivity index is 1.57. The lowest BCUT2D eigenvalue weighted by molar-refractivity contribution is 0.0519. The zero-order valence-electron chi connectivity index (χ0n) is 24.4. The first-order valence-electron chi connectivity index (χ1n) is 13.9. The molecule has 4 rings (SSSR count). The highest BCUT2D eigenvalue weighted by molar-refractivity contribution is 5.87. The number of fused-ring (bicyclic) bond motifs is 2. The number of unbranched alkanes of at least 4 members (excludes halogenated alkanes) is 1. The van der Waals surface area contributed by atoms with E-state index in [4.69, 9.17) is 19.2 Å². The van der Waals surface area contributed by atoms with E-state index in [1.165, 1.54) is 0 Å². The van der Waals surface area contributed by atoms with Gasteiger partial charge < -0.3 is 19.5 Å². The number of hydrogen-bond donors (Lipinski definition) is 1. The van der Waals surface area contributed by atoms with E-state index in [0.29, 0.717) is 37.6 Å². The number of nitrogens with one attached hydrogen (secondary N) is 1. The van der Waals surface area contributed by atoms with E-state index in [0.717, 1.165) is 36.2 Å². The Kier molecular flexibility index (Phi) is 8.98. The number of ether oxygens (including phenoxy) is 3. The van der Waals surface area contributed by atoms with Gasteiger partial charge in [-0.25, -0.2) is 19.1 Å². The summed E-state index contributed by atoms with van der Waals surface area (Å²) >= 11 is 0. The first-order valence-corrected chi connectivity index (χ1v) is 13.9. The minimum absolute atomic E-state index is 0.0179. The van der Waals surface area contributed by atoms with Crippen LogP contribution >= 0.6 is 0 Å². The lowest BCUT2D eigenvalue weighted by Crippen LogP contribution is -2.36. The molecule has 1 amide bonds. The predicted octanol–water partition coefficient (Wildman–Crippen LogP) is 5.85. The van der Waals surface area contributed by atoms with E-state index in [1.54, 1.807) is 10.8 Å². The molecule has 1 atom stereocenters. The molecule has 0 saturated carbocycles. The van der Waals surface area contributed by atoms with Crippen LogP contribution in [0.1, 0.15) is 78.4 Å². The minimum Gasteiger partial charge on any atom is -0.492 e. The first-order chi connectivity index (χ1) is 18.9. The number of benzene rings is 1. The molecule has 0 bridgehead atoms. The summed E-state index contributed by atoms with van der Waals surface area (Å²) in [5.74, 6) is 1.38. The summed E-state index contributed by atoms with van der Waals surface area (Å²) < 4.78 is 18.6. The summed E-state index contributed by atoms with van der Waals surface area (Å²) in [6.07, 6.45) is 3.23. The van der Waals surface area contributed by atoms with Crippen molar-refractivity contribution in [1.82, 2.24) is 24.8 Å². The van der Waals surface area contributed by atoms with Crippen LogP contribution in [0.3, 0.4) is 0 Å². The van der Waals surface area contributed by atoms with Crippen molar-refractivity contribution >= 4 is 23.2 Å². The SMILES string of the molecule is CC(C)(C)OC(=O)NCCCCN(Cc1nc2ccccc2n1C(=O)OC(C)(C)C)[C@@H]1CCOc2cccnc21. The third-order valence-electron chi connectivity index (χ3n) is 6.30. The number of hydrogen-bond acceptors (Lipinski definition) is 8. The van der Waals surface area contributed by atoms with Gasteiger partial charge in [-0.3, -0.25) is 9.88 Å². The molecule has 0 radical (unpaired) electrons. The molecule has 0 aliphatic carbocycles. The smallest absolute Gasteiger partial charge is 0.420 e. The lowest BCUT2D eigenvalue weighted by atomic mass is 10.0. The molecule has 10 heteroatoms. The second-order valence-electron chi connectivity index (χ2n) is 12.0. The Morgan fingerprint density at radius 1 is 1.05 bits per heavy atom. The van der Waals surface area contributed by atoms with Crippen molar-refractivity contribution in [2.45, 2.75) is 84.6 Å². The Bertz CT molecular complexity index is 1320. The molecule has 0 unspecified atom stereocenters. The zero-order valence-corrected chi connectivity index (χ0v) is 24.4. The third-order valence-corrected chi connectivity index (χ3v) is 6.30. The molecule has 216 valence electrons. The van der Waals surface area contributed by atoms with Gasteiger partial charge in [-0.15, -0.1) is 0 Å². The molecule has 2 aromatic heterocycles. The minimum atomic E-state index is -0.649. The van der Waals surface area contributed by atoms with Crippen LogP contribution in [0.2, 0.25) is 0 Å². The average Bonchev–Trinajstić information content (AvgIpc) is 3.23. The van der Waals surface area contributed by atoms with Gasteiger partial charge in [-0.1, -0.05) is 12.1 Å². The molecule has 1 aliphatic rings. The van der Waals surface area contributed by atoms with Gasteiger partial charge in [-0.2, -0.15) is 0 Å². The molecule has 1 N–H and O–H groups in total. The van der Waals surface area contributed by atoms with Crippen LogP contribution in [0.5, 0.6) is 5.75 Å². The standard InChI is InChI=1S/C30H41N5O5/c1-29(2,3)39-27(36)32-16-9-10-18-34(23-15-19-38-24-14-11-17-31-26(23)24)20-25-33-21-12-7-8-13-22(21)35(25)28(37)40-30(4,5)6/h7-8,11-14,17,23H,9-10,15-16,18-20H2,1-6H3,(H,32,36)/t23-/m1/s1. The molecular weight excluding hydrogens is 510 g/mol. The second-order valence-corrected chi connectivity index (χ2v) is 12.0. The number of imidazole rings is 1. The molecule has 0 fully saturated rings. The maximum Gasteiger partial charge on any atom is 0.420 e. The second kappa shape index (κ2) is 12.2. The van der Waals surface area contributed by atoms with Gasteiger partial charge in [-0.05, 0) is 85.2 Å². The topological polar surface area (TPSA) is 108 Å². The van der Waals surface area contributed by atoms with Gasteiger partial charge in [0.15, 0.2) is 0 Å². The Hall–Kier alpha value is -3.66. The number of nitrogens with zero attached hydrogens (tertiary/aromatic N) is 4. The fourth-order valence-electron chi connectivity index (χ4n) is 4.71. The van der Waals surface area contributed by atoms with Crippen LogP contribution in [-0.2, 0) is 16.0 Å². The van der Waals surface area contributed by atoms with Crippen LogP contribution < -0.4 is 10.1 Å². The van der Waals surface area contributed by atoms with Crippen molar-refractivity contribution in [1.29, 1.82) is 0 Å². The summed E-state index contributed by atoms with van der Waals surface area (Å²) in [6, 6.07) is 11.4. The van der Waals surface area contributed by atoms with Gasteiger partial charge in [0.25, 0.3) is 0 Å². The van der Waals surface area contributed by atoms with Gasteiger partial charge in [0.2, 0.25) is 0 Å². The number of rotatable bonds is 8. The molecule has 0 spiro atoms. The zero-order chi connectivity index (χ0) is 28.9. The van der Waals surface area contributed by atoms with E-state index in [2.05, 4.69) is 15.2 Å². The predicted molar refractivity (Wildman–Crippen MR) is 152 cm³/mol. The molecule has 0 saturated heterocycles. The number of para-hydroxylation sites is 2. The van der Waals surface area contributed by atoms with Crippen molar-refractivity contribution in [3.8, 4) is 5.75 Å². The molecule has 3 heterocycles. The fraction of sp³-hybridized carbons (Fsp3) is 0.533. The van der Waals surface area contributed by atoms with Gasteiger partial charge in [0.1, 0.15) is 22.8 Å². The van der Waals surface area contributed by atoms with E-state index in [9.17, 15) is 9.59 Å². The highest BCUT2D eigenvalue weighted by Gasteiger charge is 2.31. The third kappa shape index (κ3) is 7.71. The van der Waals surface area contributed by atoms with Crippen molar-refractivity contribution in [3.63, 3.8) is 0 Å². The molecule has 1 aromatic carbocycles. The summed E-state index contributed by atoms with van der Waals surface area (Å²) in [5, 5.41) is 2.83. The average molecular weight is 552 g/mol. The molecular formula is C30H41N5O5. The molecule has 1 aliphatic heterocycles. The van der Waals surface area contributed by atoms with E-state index in [-0.39, 0.29) is 6.04 Å². The normalized spacial score (nSPS) is 15.4. The maximum absolute atomic E-state index is 13.4. The van der Waals surface area contributed by atoms with Crippen LogP contribution in [-0.4, -0.2) is 62.5 Å². The van der Waals surface area contributed by atoms with Gasteiger partial charge in [0, 0.05) is 19.2 Å². The van der Waals surface area contributed by atoms with Gasteiger partial charge in [0.05, 0.1) is 35.9 Å². The number of carbonyl (C=O) groups is 2. The molecule has 10 nitrogen and oxygen atoms in total. The quantitative estimate of drug-likeness (QED) is 0.348. The summed E-state index contributed by atoms with van der Waals surface area (Å²) in [4.78, 5) is 37.2. The van der Waals surface area contributed by atoms with Crippen LogP contribution in [0.15, 0.2) is 42.6 Å². The van der Waals surface area contributed by atoms with Crippen molar-refractivity contribution < 1.29 is 23.8 Å². The summed E-state index contributed by atoms with van der Waals surface area (Å²) in [5.41, 5.74) is 1.13. The monoisotopic (exact) mass is 551 g/mol. The Labute approximate surface area is 236 Å². The number of carbonyl (C=O) groups excluding carboxylic acids is 2. The van der Waals surface area contributed by atoms with Crippen LogP contribution in [0.4, 0.5) is 9.59 Å². The van der Waals surface area contributed by atoms with E-state index in [1.807, 2.05) is 77.9 Å². The summed E-state index contributed by atoms with van der Waals surface area (Å²) in [7, 11) is 0. The van der Waals surface area contributed by atoms with Crippen molar-refractivity contribution in [3.05, 3.63) is 54.1 Å². The maximum atomic E-state index is 13.4. The number of pyridine rings is 1. The highest BCUT2D eigenvalue weighted by atomic mass is 16.6. The lowest BCUT2D eigenvalue weighted by Gasteiger charge is -2.34. The fourth-order valence-corrected chi connectivity index (χ4v) is 4.71. The van der Waals surface area contributed by atoms with Crippen molar-refractivity contribution in [2.75, 3.05) is 19.7 Å². The Morgan fingerprint density at radius 3 is 2.55 bits per heavy atom. The van der Waals surface area contributed by atoms with Crippen LogP contribution in [0, 0.1) is 0 Å². The summed E-state index contributed by atoms with van der Waals surface area (Å²) in [6.45, 7) is 13.3. The van der Waals surface area contributed by atoms with E-state index < -0.39 is 23.4 Å². The number of alkyl carbamates (subject to hydrolysis) is 1. The van der Waals surface area contributed by atoms with Crippen molar-refractivity contribution in [2.24, 2.45) is 0 Å². The van der Waals surface area contributed by atoms with Crippen LogP contribution in [0.25, 0.3) is 11.0 Å². The molecule has 3 aromatic rings. The van der Waals surface area contributed by atoms with E-state index >= 15 is 0 Å². The number of amides is 1. The largest absolute Gasteiger partial charge is 0.492 e. The number of aromatic nitrogens is 3. The highest BCUT2D eigenvalue weighted by Crippen LogP contribution is 2.35. The van der Waals surface area contributed by atoms with Gasteiger partial charge >= 0.3 is 12.2 Å².